The first kappa shape index (κ1) is 21.0. The standard InChI is InChI=1S/C20H18F3N5O2/c1-13(29)24-9-17-6-5-15(8-25-17)19(30)27-18-11-28(12-26-18)10-14-3-2-4-16(7-14)20(21,22)23/h2-8,11-12H,9-10H2,1H3,(H,24,29)(H,27,30). The Morgan fingerprint density at radius 1 is 1.13 bits per heavy atom. The Morgan fingerprint density at radius 3 is 2.60 bits per heavy atom. The van der Waals surface area contributed by atoms with Crippen LogP contribution in [0.2, 0.25) is 0 Å². The number of amides is 2. The van der Waals surface area contributed by atoms with Gasteiger partial charge in [0.15, 0.2) is 5.82 Å². The summed E-state index contributed by atoms with van der Waals surface area (Å²) in [5.74, 6) is -0.355. The number of imidazole rings is 1. The first-order chi connectivity index (χ1) is 14.2. The first-order valence-corrected chi connectivity index (χ1v) is 8.89. The number of hydrogen-bond donors (Lipinski definition) is 2. The van der Waals surface area contributed by atoms with Crippen molar-refractivity contribution < 1.29 is 22.8 Å². The van der Waals surface area contributed by atoms with Crippen molar-refractivity contribution in [3.63, 3.8) is 0 Å². The third kappa shape index (κ3) is 5.66. The van der Waals surface area contributed by atoms with Gasteiger partial charge in [-0.25, -0.2) is 4.98 Å². The maximum absolute atomic E-state index is 12.8. The number of rotatable bonds is 6. The highest BCUT2D eigenvalue weighted by Gasteiger charge is 2.30. The molecule has 0 radical (unpaired) electrons. The maximum atomic E-state index is 12.8. The molecule has 3 rings (SSSR count). The zero-order valence-electron chi connectivity index (χ0n) is 15.9. The number of alkyl halides is 3. The van der Waals surface area contributed by atoms with Crippen molar-refractivity contribution >= 4 is 17.6 Å². The third-order valence-corrected chi connectivity index (χ3v) is 4.10. The zero-order valence-corrected chi connectivity index (χ0v) is 15.9. The van der Waals surface area contributed by atoms with Gasteiger partial charge < -0.3 is 15.2 Å². The molecular weight excluding hydrogens is 399 g/mol. The van der Waals surface area contributed by atoms with Crippen molar-refractivity contribution in [2.24, 2.45) is 0 Å². The Kier molecular flexibility index (Phi) is 6.14. The van der Waals surface area contributed by atoms with E-state index in [9.17, 15) is 22.8 Å². The minimum atomic E-state index is -4.41. The molecule has 0 aliphatic carbocycles. The molecule has 30 heavy (non-hydrogen) atoms. The summed E-state index contributed by atoms with van der Waals surface area (Å²) in [6.07, 6.45) is -0.0801. The summed E-state index contributed by atoms with van der Waals surface area (Å²) < 4.78 is 40.1. The van der Waals surface area contributed by atoms with Crippen LogP contribution < -0.4 is 10.6 Å². The van der Waals surface area contributed by atoms with Gasteiger partial charge in [-0.05, 0) is 29.8 Å². The molecular formula is C20H18F3N5O2. The SMILES string of the molecule is CC(=O)NCc1ccc(C(=O)Nc2cn(Cc3cccc(C(F)(F)F)c3)cn2)cn1. The van der Waals surface area contributed by atoms with Gasteiger partial charge in [0, 0.05) is 25.9 Å². The lowest BCUT2D eigenvalue weighted by Crippen LogP contribution is -2.20. The fraction of sp³-hybridized carbons (Fsp3) is 0.200. The van der Waals surface area contributed by atoms with Gasteiger partial charge in [0.05, 0.1) is 29.7 Å². The van der Waals surface area contributed by atoms with Crippen LogP contribution in [0.5, 0.6) is 0 Å². The third-order valence-electron chi connectivity index (χ3n) is 4.10. The summed E-state index contributed by atoms with van der Waals surface area (Å²) in [4.78, 5) is 31.4. The van der Waals surface area contributed by atoms with E-state index in [1.807, 2.05) is 0 Å². The second kappa shape index (κ2) is 8.76. The lowest BCUT2D eigenvalue weighted by Gasteiger charge is -2.09. The van der Waals surface area contributed by atoms with E-state index in [0.717, 1.165) is 12.1 Å². The molecule has 2 amide bonds. The molecule has 0 unspecified atom stereocenters. The monoisotopic (exact) mass is 417 g/mol. The molecule has 0 aliphatic heterocycles. The average Bonchev–Trinajstić information content (AvgIpc) is 3.13. The van der Waals surface area contributed by atoms with E-state index in [0.29, 0.717) is 16.8 Å². The minimum Gasteiger partial charge on any atom is -0.351 e. The number of anilines is 1. The minimum absolute atomic E-state index is 0.173. The molecule has 0 atom stereocenters. The highest BCUT2D eigenvalue weighted by atomic mass is 19.4. The Hall–Kier alpha value is -3.69. The van der Waals surface area contributed by atoms with Crippen molar-refractivity contribution in [3.8, 4) is 0 Å². The van der Waals surface area contributed by atoms with Gasteiger partial charge in [-0.3, -0.25) is 14.6 Å². The maximum Gasteiger partial charge on any atom is 0.416 e. The number of benzene rings is 1. The Balaban J connectivity index is 1.61. The van der Waals surface area contributed by atoms with Gasteiger partial charge in [-0.15, -0.1) is 0 Å². The van der Waals surface area contributed by atoms with Gasteiger partial charge in [-0.2, -0.15) is 13.2 Å². The number of carbonyl (C=O) groups is 2. The fourth-order valence-corrected chi connectivity index (χ4v) is 2.63. The quantitative estimate of drug-likeness (QED) is 0.645. The summed E-state index contributed by atoms with van der Waals surface area (Å²) in [7, 11) is 0. The number of nitrogens with one attached hydrogen (secondary N) is 2. The molecule has 0 saturated heterocycles. The Bertz CT molecular complexity index is 1050. The van der Waals surface area contributed by atoms with Crippen LogP contribution >= 0.6 is 0 Å². The van der Waals surface area contributed by atoms with Crippen LogP contribution in [0.15, 0.2) is 55.1 Å². The van der Waals surface area contributed by atoms with Gasteiger partial charge in [0.2, 0.25) is 5.91 Å². The van der Waals surface area contributed by atoms with E-state index in [1.54, 1.807) is 22.8 Å². The largest absolute Gasteiger partial charge is 0.416 e. The molecule has 0 saturated carbocycles. The van der Waals surface area contributed by atoms with Crippen LogP contribution in [0.1, 0.15) is 34.1 Å². The van der Waals surface area contributed by atoms with E-state index in [2.05, 4.69) is 20.6 Å². The molecule has 0 fully saturated rings. The van der Waals surface area contributed by atoms with E-state index < -0.39 is 17.6 Å². The fourth-order valence-electron chi connectivity index (χ4n) is 2.63. The zero-order chi connectivity index (χ0) is 21.7. The van der Waals surface area contributed by atoms with Crippen molar-refractivity contribution in [1.29, 1.82) is 0 Å². The average molecular weight is 417 g/mol. The van der Waals surface area contributed by atoms with Crippen LogP contribution in [0.25, 0.3) is 0 Å². The Morgan fingerprint density at radius 2 is 1.93 bits per heavy atom. The van der Waals surface area contributed by atoms with Crippen molar-refractivity contribution in [2.45, 2.75) is 26.2 Å². The van der Waals surface area contributed by atoms with Crippen LogP contribution in [-0.2, 0) is 24.1 Å². The van der Waals surface area contributed by atoms with Crippen molar-refractivity contribution in [1.82, 2.24) is 19.9 Å². The summed E-state index contributed by atoms with van der Waals surface area (Å²) in [5.41, 5.74) is 0.642. The topological polar surface area (TPSA) is 88.9 Å². The molecule has 156 valence electrons. The van der Waals surface area contributed by atoms with E-state index in [1.165, 1.54) is 31.7 Å². The van der Waals surface area contributed by atoms with Crippen LogP contribution in [0.4, 0.5) is 19.0 Å². The van der Waals surface area contributed by atoms with Gasteiger partial charge in [-0.1, -0.05) is 12.1 Å². The molecule has 2 aromatic heterocycles. The van der Waals surface area contributed by atoms with Gasteiger partial charge >= 0.3 is 6.18 Å². The summed E-state index contributed by atoms with van der Waals surface area (Å²) in [6, 6.07) is 8.21. The molecule has 0 bridgehead atoms. The molecule has 0 aliphatic rings. The van der Waals surface area contributed by atoms with E-state index in [4.69, 9.17) is 0 Å². The molecule has 2 N–H and O–H groups in total. The molecule has 1 aromatic carbocycles. The Labute approximate surface area is 170 Å². The number of aromatic nitrogens is 3. The molecule has 2 heterocycles. The predicted octanol–water partition coefficient (Wildman–Crippen LogP) is 3.23. The first-order valence-electron chi connectivity index (χ1n) is 8.89. The normalized spacial score (nSPS) is 11.2. The van der Waals surface area contributed by atoms with Crippen LogP contribution in [0.3, 0.4) is 0 Å². The number of hydrogen-bond acceptors (Lipinski definition) is 4. The highest BCUT2D eigenvalue weighted by Crippen LogP contribution is 2.29. The van der Waals surface area contributed by atoms with Crippen molar-refractivity contribution in [3.05, 3.63) is 77.5 Å². The number of pyridine rings is 1. The lowest BCUT2D eigenvalue weighted by molar-refractivity contribution is -0.137. The van der Waals surface area contributed by atoms with Crippen LogP contribution in [-0.4, -0.2) is 26.3 Å². The van der Waals surface area contributed by atoms with Gasteiger partial charge in [0.25, 0.3) is 5.91 Å². The van der Waals surface area contributed by atoms with Gasteiger partial charge in [0.1, 0.15) is 0 Å². The van der Waals surface area contributed by atoms with E-state index in [-0.39, 0.29) is 24.8 Å². The highest BCUT2D eigenvalue weighted by molar-refractivity contribution is 6.03. The summed E-state index contributed by atoms with van der Waals surface area (Å²) >= 11 is 0. The molecule has 3 aromatic rings. The summed E-state index contributed by atoms with van der Waals surface area (Å²) in [5, 5.41) is 5.22. The van der Waals surface area contributed by atoms with Crippen LogP contribution in [0, 0.1) is 0 Å². The number of nitrogens with zero attached hydrogens (tertiary/aromatic N) is 3. The summed E-state index contributed by atoms with van der Waals surface area (Å²) in [6.45, 7) is 1.83. The number of halogens is 3. The second-order valence-corrected chi connectivity index (χ2v) is 6.53. The predicted molar refractivity (Wildman–Crippen MR) is 102 cm³/mol. The second-order valence-electron chi connectivity index (χ2n) is 6.53. The smallest absolute Gasteiger partial charge is 0.351 e. The number of carbonyl (C=O) groups excluding carboxylic acids is 2. The van der Waals surface area contributed by atoms with Crippen molar-refractivity contribution in [2.75, 3.05) is 5.32 Å². The molecule has 7 nitrogen and oxygen atoms in total. The molecule has 10 heteroatoms. The lowest BCUT2D eigenvalue weighted by atomic mass is 10.1. The van der Waals surface area contributed by atoms with E-state index >= 15 is 0 Å². The molecule has 0 spiro atoms.